The van der Waals surface area contributed by atoms with Gasteiger partial charge in [0.1, 0.15) is 23.8 Å². The predicted molar refractivity (Wildman–Crippen MR) is 75.3 cm³/mol. The third-order valence-electron chi connectivity index (χ3n) is 3.82. The highest BCUT2D eigenvalue weighted by Gasteiger charge is 2.49. The van der Waals surface area contributed by atoms with Crippen molar-refractivity contribution in [2.24, 2.45) is 0 Å². The van der Waals surface area contributed by atoms with Gasteiger partial charge in [0, 0.05) is 12.5 Å². The molecule has 0 amide bonds. The van der Waals surface area contributed by atoms with Crippen molar-refractivity contribution in [1.82, 2.24) is 0 Å². The lowest BCUT2D eigenvalue weighted by molar-refractivity contribution is -0.216. The van der Waals surface area contributed by atoms with Gasteiger partial charge in [-0.3, -0.25) is 0 Å². The maximum absolute atomic E-state index is 13.1. The first kappa shape index (κ1) is 16.7. The third-order valence-corrected chi connectivity index (χ3v) is 3.82. The van der Waals surface area contributed by atoms with Crippen molar-refractivity contribution in [2.45, 2.75) is 57.3 Å². The summed E-state index contributed by atoms with van der Waals surface area (Å²) in [5, 5.41) is 10.1. The lowest BCUT2D eigenvalue weighted by Gasteiger charge is -2.23. The summed E-state index contributed by atoms with van der Waals surface area (Å²) >= 11 is 0. The zero-order valence-corrected chi connectivity index (χ0v) is 13.0. The summed E-state index contributed by atoms with van der Waals surface area (Å²) in [6.45, 7) is 3.61. The Morgan fingerprint density at radius 3 is 2.61 bits per heavy atom. The second kappa shape index (κ2) is 6.41. The van der Waals surface area contributed by atoms with Crippen molar-refractivity contribution >= 4 is 0 Å². The zero-order valence-electron chi connectivity index (χ0n) is 13.0. The van der Waals surface area contributed by atoms with E-state index in [0.717, 1.165) is 6.07 Å². The zero-order chi connectivity index (χ0) is 16.6. The Morgan fingerprint density at radius 2 is 1.96 bits per heavy atom. The Morgan fingerprint density at radius 1 is 1.26 bits per heavy atom. The second-order valence-corrected chi connectivity index (χ2v) is 6.31. The molecular formula is C16H20F2O5. The first-order chi connectivity index (χ1) is 10.8. The molecule has 2 saturated heterocycles. The van der Waals surface area contributed by atoms with Crippen LogP contribution in [0, 0.1) is 11.6 Å². The molecule has 2 heterocycles. The van der Waals surface area contributed by atoms with Crippen LogP contribution in [0.4, 0.5) is 8.78 Å². The monoisotopic (exact) mass is 330 g/mol. The Hall–Kier alpha value is -1.12. The first-order valence-electron chi connectivity index (χ1n) is 7.54. The van der Waals surface area contributed by atoms with Gasteiger partial charge in [0.15, 0.2) is 12.1 Å². The Bertz CT molecular complexity index is 529. The largest absolute Gasteiger partial charge is 0.388 e. The molecule has 128 valence electrons. The lowest BCUT2D eigenvalue weighted by atomic mass is 10.1. The van der Waals surface area contributed by atoms with Crippen LogP contribution >= 0.6 is 0 Å². The third kappa shape index (κ3) is 4.05. The van der Waals surface area contributed by atoms with Crippen molar-refractivity contribution in [2.75, 3.05) is 6.61 Å². The van der Waals surface area contributed by atoms with E-state index in [1.54, 1.807) is 13.8 Å². The molecule has 3 rings (SSSR count). The van der Waals surface area contributed by atoms with Crippen LogP contribution in [0.3, 0.4) is 0 Å². The topological polar surface area (TPSA) is 57.2 Å². The average Bonchev–Trinajstić information content (AvgIpc) is 2.90. The molecule has 0 radical (unpaired) electrons. The molecule has 0 aliphatic carbocycles. The van der Waals surface area contributed by atoms with E-state index in [1.165, 1.54) is 12.1 Å². The van der Waals surface area contributed by atoms with Gasteiger partial charge in [-0.2, -0.15) is 0 Å². The average molecular weight is 330 g/mol. The van der Waals surface area contributed by atoms with Crippen LogP contribution in [0.25, 0.3) is 0 Å². The van der Waals surface area contributed by atoms with E-state index in [0.29, 0.717) is 12.0 Å². The van der Waals surface area contributed by atoms with Crippen molar-refractivity contribution in [3.63, 3.8) is 0 Å². The fourth-order valence-corrected chi connectivity index (χ4v) is 2.88. The molecule has 2 aliphatic rings. The molecule has 1 aromatic rings. The molecule has 0 bridgehead atoms. The van der Waals surface area contributed by atoms with Gasteiger partial charge >= 0.3 is 0 Å². The van der Waals surface area contributed by atoms with Crippen LogP contribution in [-0.2, 0) is 25.6 Å². The van der Waals surface area contributed by atoms with Crippen LogP contribution in [-0.4, -0.2) is 42.1 Å². The summed E-state index contributed by atoms with van der Waals surface area (Å²) in [5.41, 5.74) is 0.368. The Labute approximate surface area is 133 Å². The van der Waals surface area contributed by atoms with Crippen molar-refractivity contribution < 1.29 is 32.8 Å². The second-order valence-electron chi connectivity index (χ2n) is 6.31. The normalized spacial score (nSPS) is 30.4. The molecule has 1 aromatic carbocycles. The van der Waals surface area contributed by atoms with E-state index >= 15 is 0 Å². The van der Waals surface area contributed by atoms with Gasteiger partial charge in [-0.25, -0.2) is 8.78 Å². The van der Waals surface area contributed by atoms with Gasteiger partial charge in [-0.05, 0) is 31.5 Å². The minimum Gasteiger partial charge on any atom is -0.388 e. The molecule has 7 heteroatoms. The SMILES string of the molecule is CC1(C)OC2CC(C(O)COCc3cc(F)cc(F)c3)OC2O1. The maximum Gasteiger partial charge on any atom is 0.187 e. The number of aliphatic hydroxyl groups excluding tert-OH is 1. The smallest absolute Gasteiger partial charge is 0.187 e. The van der Waals surface area contributed by atoms with E-state index in [9.17, 15) is 13.9 Å². The molecule has 5 nitrogen and oxygen atoms in total. The molecule has 23 heavy (non-hydrogen) atoms. The molecule has 0 saturated carbocycles. The number of hydrogen-bond donors (Lipinski definition) is 1. The highest BCUT2D eigenvalue weighted by Crippen LogP contribution is 2.37. The molecule has 0 spiro atoms. The summed E-state index contributed by atoms with van der Waals surface area (Å²) in [7, 11) is 0. The summed E-state index contributed by atoms with van der Waals surface area (Å²) in [6.07, 6.45) is -1.50. The van der Waals surface area contributed by atoms with Crippen LogP contribution in [0.1, 0.15) is 25.8 Å². The van der Waals surface area contributed by atoms with Gasteiger partial charge in [-0.15, -0.1) is 0 Å². The Kier molecular flexibility index (Phi) is 4.66. The highest BCUT2D eigenvalue weighted by molar-refractivity contribution is 5.16. The number of fused-ring (bicyclic) bond motifs is 1. The Balaban J connectivity index is 1.45. The number of halogens is 2. The van der Waals surface area contributed by atoms with E-state index in [4.69, 9.17) is 18.9 Å². The molecule has 2 fully saturated rings. The van der Waals surface area contributed by atoms with E-state index in [1.807, 2.05) is 0 Å². The van der Waals surface area contributed by atoms with Gasteiger partial charge in [0.05, 0.1) is 19.3 Å². The van der Waals surface area contributed by atoms with E-state index in [-0.39, 0.29) is 19.3 Å². The van der Waals surface area contributed by atoms with Crippen LogP contribution < -0.4 is 0 Å². The van der Waals surface area contributed by atoms with E-state index < -0.39 is 35.9 Å². The lowest BCUT2D eigenvalue weighted by Crippen LogP contribution is -2.33. The minimum atomic E-state index is -0.866. The minimum absolute atomic E-state index is 0.00531. The van der Waals surface area contributed by atoms with Crippen LogP contribution in [0.5, 0.6) is 0 Å². The van der Waals surface area contributed by atoms with Crippen LogP contribution in [0.2, 0.25) is 0 Å². The summed E-state index contributed by atoms with van der Waals surface area (Å²) in [4.78, 5) is 0. The van der Waals surface area contributed by atoms with Crippen molar-refractivity contribution in [1.29, 1.82) is 0 Å². The fourth-order valence-electron chi connectivity index (χ4n) is 2.88. The predicted octanol–water partition coefficient (Wildman–Crippen LogP) is 2.11. The quantitative estimate of drug-likeness (QED) is 0.896. The summed E-state index contributed by atoms with van der Waals surface area (Å²) in [6, 6.07) is 3.18. The first-order valence-corrected chi connectivity index (χ1v) is 7.54. The number of aliphatic hydroxyl groups is 1. The molecular weight excluding hydrogens is 310 g/mol. The summed E-state index contributed by atoms with van der Waals surface area (Å²) in [5.74, 6) is -2.00. The van der Waals surface area contributed by atoms with Gasteiger partial charge < -0.3 is 24.1 Å². The van der Waals surface area contributed by atoms with Crippen molar-refractivity contribution in [3.8, 4) is 0 Å². The molecule has 4 unspecified atom stereocenters. The molecule has 0 aromatic heterocycles. The number of benzene rings is 1. The highest BCUT2D eigenvalue weighted by atomic mass is 19.1. The molecule has 4 atom stereocenters. The van der Waals surface area contributed by atoms with E-state index in [2.05, 4.69) is 0 Å². The van der Waals surface area contributed by atoms with Gasteiger partial charge in [-0.1, -0.05) is 0 Å². The van der Waals surface area contributed by atoms with Crippen molar-refractivity contribution in [3.05, 3.63) is 35.4 Å². The summed E-state index contributed by atoms with van der Waals surface area (Å²) < 4.78 is 48.3. The van der Waals surface area contributed by atoms with Gasteiger partial charge in [0.25, 0.3) is 0 Å². The standard InChI is InChI=1S/C16H20F2O5/c1-16(2)22-14-6-13(21-15(14)23-16)12(19)8-20-7-9-3-10(17)5-11(18)4-9/h3-5,12-15,19H,6-8H2,1-2H3. The molecule has 2 aliphatic heterocycles. The van der Waals surface area contributed by atoms with Crippen LogP contribution in [0.15, 0.2) is 18.2 Å². The number of hydrogen-bond acceptors (Lipinski definition) is 5. The fraction of sp³-hybridized carbons (Fsp3) is 0.625. The molecule has 1 N–H and O–H groups in total. The van der Waals surface area contributed by atoms with Gasteiger partial charge in [0.2, 0.25) is 0 Å². The number of rotatable bonds is 5. The number of ether oxygens (including phenoxy) is 4. The maximum atomic E-state index is 13.1.